The molecular weight excluding hydrogens is 174 g/mol. The zero-order valence-electron chi connectivity index (χ0n) is 8.74. The van der Waals surface area contributed by atoms with E-state index in [1.165, 1.54) is 0 Å². The zero-order valence-corrected chi connectivity index (χ0v) is 8.74. The van der Waals surface area contributed by atoms with Crippen LogP contribution in [-0.2, 0) is 4.79 Å². The summed E-state index contributed by atoms with van der Waals surface area (Å²) in [4.78, 5) is 13.7. The predicted octanol–water partition coefficient (Wildman–Crippen LogP) is 2.52. The summed E-state index contributed by atoms with van der Waals surface area (Å²) in [6.07, 6.45) is 8.30. The third-order valence-corrected chi connectivity index (χ3v) is 2.70. The van der Waals surface area contributed by atoms with E-state index < -0.39 is 0 Å². The first-order chi connectivity index (χ1) is 6.79. The second kappa shape index (κ2) is 5.63. The van der Waals surface area contributed by atoms with Crippen molar-refractivity contribution in [2.24, 2.45) is 0 Å². The van der Waals surface area contributed by atoms with Crippen LogP contribution in [0.4, 0.5) is 0 Å². The van der Waals surface area contributed by atoms with Crippen molar-refractivity contribution in [2.45, 2.75) is 38.1 Å². The smallest absolute Gasteiger partial charge is 0.223 e. The van der Waals surface area contributed by atoms with Crippen LogP contribution in [0.5, 0.6) is 0 Å². The van der Waals surface area contributed by atoms with Crippen LogP contribution >= 0.6 is 0 Å². The third kappa shape index (κ3) is 2.72. The van der Waals surface area contributed by atoms with Gasteiger partial charge >= 0.3 is 0 Å². The van der Waals surface area contributed by atoms with Crippen molar-refractivity contribution in [1.29, 1.82) is 0 Å². The van der Waals surface area contributed by atoms with E-state index in [2.05, 4.69) is 13.2 Å². The number of carbonyl (C=O) groups is 1. The summed E-state index contributed by atoms with van der Waals surface area (Å²) in [6.45, 7) is 8.28. The zero-order chi connectivity index (χ0) is 10.4. The summed E-state index contributed by atoms with van der Waals surface area (Å²) < 4.78 is 0. The highest BCUT2D eigenvalue weighted by molar-refractivity contribution is 5.77. The lowest BCUT2D eigenvalue weighted by Crippen LogP contribution is -2.34. The van der Waals surface area contributed by atoms with Gasteiger partial charge in [-0.2, -0.15) is 0 Å². The maximum Gasteiger partial charge on any atom is 0.223 e. The number of likely N-dealkylation sites (tertiary alicyclic amines) is 1. The molecule has 1 atom stereocenters. The van der Waals surface area contributed by atoms with Crippen molar-refractivity contribution in [3.63, 3.8) is 0 Å². The maximum atomic E-state index is 11.7. The molecule has 0 aromatic heterocycles. The average molecular weight is 193 g/mol. The maximum absolute atomic E-state index is 11.7. The Morgan fingerprint density at radius 1 is 1.43 bits per heavy atom. The van der Waals surface area contributed by atoms with Crippen molar-refractivity contribution in [2.75, 3.05) is 6.54 Å². The van der Waals surface area contributed by atoms with Gasteiger partial charge in [0.05, 0.1) is 0 Å². The SMILES string of the molecule is C=CCCC(=O)N1CCCC1CC=C. The Morgan fingerprint density at radius 3 is 2.86 bits per heavy atom. The van der Waals surface area contributed by atoms with Crippen molar-refractivity contribution < 1.29 is 4.79 Å². The van der Waals surface area contributed by atoms with E-state index in [4.69, 9.17) is 0 Å². The van der Waals surface area contributed by atoms with Gasteiger partial charge in [0.25, 0.3) is 0 Å². The van der Waals surface area contributed by atoms with Gasteiger partial charge in [-0.25, -0.2) is 0 Å². The molecule has 2 nitrogen and oxygen atoms in total. The highest BCUT2D eigenvalue weighted by atomic mass is 16.2. The Hall–Kier alpha value is -1.05. The Labute approximate surface area is 86.3 Å². The molecule has 0 bridgehead atoms. The summed E-state index contributed by atoms with van der Waals surface area (Å²) in [6, 6.07) is 0.407. The van der Waals surface area contributed by atoms with Gasteiger partial charge in [0.2, 0.25) is 5.91 Å². The first-order valence-electron chi connectivity index (χ1n) is 5.31. The van der Waals surface area contributed by atoms with Crippen molar-refractivity contribution in [1.82, 2.24) is 4.90 Å². The molecule has 0 spiro atoms. The van der Waals surface area contributed by atoms with Gasteiger partial charge in [-0.15, -0.1) is 13.2 Å². The van der Waals surface area contributed by atoms with E-state index in [0.29, 0.717) is 12.5 Å². The normalized spacial score (nSPS) is 20.9. The minimum atomic E-state index is 0.272. The van der Waals surface area contributed by atoms with Crippen LogP contribution in [0.2, 0.25) is 0 Å². The second-order valence-electron chi connectivity index (χ2n) is 3.73. The summed E-state index contributed by atoms with van der Waals surface area (Å²) in [7, 11) is 0. The molecule has 0 aromatic carbocycles. The van der Waals surface area contributed by atoms with Crippen LogP contribution in [0.1, 0.15) is 32.1 Å². The highest BCUT2D eigenvalue weighted by Gasteiger charge is 2.26. The van der Waals surface area contributed by atoms with Gasteiger partial charge in [0.15, 0.2) is 0 Å². The standard InChI is InChI=1S/C12H19NO/c1-3-5-9-12(14)13-10-6-8-11(13)7-4-2/h3-4,11H,1-2,5-10H2. The number of amides is 1. The number of carbonyl (C=O) groups excluding carboxylic acids is 1. The number of nitrogens with zero attached hydrogens (tertiary/aromatic N) is 1. The topological polar surface area (TPSA) is 20.3 Å². The Balaban J connectivity index is 2.44. The molecule has 0 aromatic rings. The van der Waals surface area contributed by atoms with Gasteiger partial charge in [-0.3, -0.25) is 4.79 Å². The third-order valence-electron chi connectivity index (χ3n) is 2.70. The molecule has 14 heavy (non-hydrogen) atoms. The molecule has 0 aliphatic carbocycles. The van der Waals surface area contributed by atoms with Gasteiger partial charge in [0.1, 0.15) is 0 Å². The van der Waals surface area contributed by atoms with Crippen LogP contribution in [-0.4, -0.2) is 23.4 Å². The lowest BCUT2D eigenvalue weighted by molar-refractivity contribution is -0.131. The molecule has 1 fully saturated rings. The molecule has 1 heterocycles. The van der Waals surface area contributed by atoms with Crippen molar-refractivity contribution >= 4 is 5.91 Å². The number of hydrogen-bond donors (Lipinski definition) is 0. The predicted molar refractivity (Wildman–Crippen MR) is 59.0 cm³/mol. The summed E-state index contributed by atoms with van der Waals surface area (Å²) in [5.41, 5.74) is 0. The van der Waals surface area contributed by atoms with Crippen molar-refractivity contribution in [3.05, 3.63) is 25.3 Å². The van der Waals surface area contributed by atoms with E-state index >= 15 is 0 Å². The van der Waals surface area contributed by atoms with Crippen LogP contribution in [0.15, 0.2) is 25.3 Å². The molecule has 1 aliphatic rings. The van der Waals surface area contributed by atoms with E-state index in [9.17, 15) is 4.79 Å². The molecule has 1 saturated heterocycles. The molecule has 1 amide bonds. The molecule has 1 aliphatic heterocycles. The first kappa shape index (κ1) is 11.0. The molecule has 78 valence electrons. The van der Waals surface area contributed by atoms with Crippen LogP contribution in [0, 0.1) is 0 Å². The summed E-state index contributed by atoms with van der Waals surface area (Å²) in [5.74, 6) is 0.272. The van der Waals surface area contributed by atoms with Gasteiger partial charge in [0, 0.05) is 19.0 Å². The average Bonchev–Trinajstić information content (AvgIpc) is 2.63. The molecule has 1 unspecified atom stereocenters. The largest absolute Gasteiger partial charge is 0.339 e. The van der Waals surface area contributed by atoms with Gasteiger partial charge in [-0.1, -0.05) is 12.2 Å². The van der Waals surface area contributed by atoms with Gasteiger partial charge < -0.3 is 4.90 Å². The Kier molecular flexibility index (Phi) is 4.44. The monoisotopic (exact) mass is 193 g/mol. The molecule has 0 N–H and O–H groups in total. The summed E-state index contributed by atoms with van der Waals surface area (Å²) >= 11 is 0. The molecule has 1 rings (SSSR count). The van der Waals surface area contributed by atoms with E-state index in [0.717, 1.165) is 32.2 Å². The van der Waals surface area contributed by atoms with Crippen LogP contribution in [0.25, 0.3) is 0 Å². The number of rotatable bonds is 5. The number of allylic oxidation sites excluding steroid dienone is 1. The van der Waals surface area contributed by atoms with E-state index in [1.807, 2.05) is 11.0 Å². The van der Waals surface area contributed by atoms with Gasteiger partial charge in [-0.05, 0) is 25.7 Å². The highest BCUT2D eigenvalue weighted by Crippen LogP contribution is 2.21. The molecule has 0 radical (unpaired) electrons. The summed E-state index contributed by atoms with van der Waals surface area (Å²) in [5, 5.41) is 0. The van der Waals surface area contributed by atoms with Crippen LogP contribution in [0.3, 0.4) is 0 Å². The second-order valence-corrected chi connectivity index (χ2v) is 3.73. The fourth-order valence-electron chi connectivity index (χ4n) is 1.97. The number of hydrogen-bond acceptors (Lipinski definition) is 1. The fraction of sp³-hybridized carbons (Fsp3) is 0.583. The molecular formula is C12H19NO. The molecule has 0 saturated carbocycles. The minimum absolute atomic E-state index is 0.272. The van der Waals surface area contributed by atoms with Crippen LogP contribution < -0.4 is 0 Å². The molecule has 2 heteroatoms. The van der Waals surface area contributed by atoms with Crippen molar-refractivity contribution in [3.8, 4) is 0 Å². The quantitative estimate of drug-likeness (QED) is 0.614. The fourth-order valence-corrected chi connectivity index (χ4v) is 1.97. The minimum Gasteiger partial charge on any atom is -0.339 e. The Morgan fingerprint density at radius 2 is 2.21 bits per heavy atom. The van der Waals surface area contributed by atoms with E-state index in [1.54, 1.807) is 6.08 Å². The lowest BCUT2D eigenvalue weighted by atomic mass is 10.1. The van der Waals surface area contributed by atoms with E-state index in [-0.39, 0.29) is 5.91 Å². The first-order valence-corrected chi connectivity index (χ1v) is 5.31. The Bertz CT molecular complexity index is 222. The lowest BCUT2D eigenvalue weighted by Gasteiger charge is -2.23.